The van der Waals surface area contributed by atoms with Crippen molar-refractivity contribution in [2.75, 3.05) is 12.3 Å². The molecule has 2 aromatic rings. The molecule has 0 saturated heterocycles. The van der Waals surface area contributed by atoms with E-state index in [0.717, 1.165) is 38.5 Å². The standard InChI is InChI=1S/C24H31N3O5/c1-14-21(24(29)30)23(25)22-18(26-14)7-4-8-19(22)32-17-11-9-15(10-12-17)27-20(28)13-31-16-5-2-3-6-16/h4,7-8,15-17H,2-3,5-6,9-13H2,1H3,(H2,25,26)(H,27,28)(H,29,30). The van der Waals surface area contributed by atoms with Crippen LogP contribution in [0, 0.1) is 6.92 Å². The van der Waals surface area contributed by atoms with Crippen LogP contribution in [0.2, 0.25) is 0 Å². The number of fused-ring (bicyclic) bond motifs is 1. The largest absolute Gasteiger partial charge is 0.490 e. The maximum Gasteiger partial charge on any atom is 0.339 e. The molecule has 4 rings (SSSR count). The third-order valence-electron chi connectivity index (χ3n) is 6.49. The van der Waals surface area contributed by atoms with Crippen LogP contribution in [0.3, 0.4) is 0 Å². The molecular formula is C24H31N3O5. The van der Waals surface area contributed by atoms with Gasteiger partial charge in [-0.25, -0.2) is 4.79 Å². The molecule has 0 unspecified atom stereocenters. The summed E-state index contributed by atoms with van der Waals surface area (Å²) in [5, 5.41) is 13.1. The second-order valence-electron chi connectivity index (χ2n) is 8.82. The Morgan fingerprint density at radius 2 is 1.84 bits per heavy atom. The Morgan fingerprint density at radius 3 is 2.53 bits per heavy atom. The van der Waals surface area contributed by atoms with Crippen molar-refractivity contribution < 1.29 is 24.2 Å². The number of nitrogens with zero attached hydrogens (tertiary/aromatic N) is 1. The fourth-order valence-electron chi connectivity index (χ4n) is 4.83. The van der Waals surface area contributed by atoms with E-state index in [-0.39, 0.29) is 42.0 Å². The number of ether oxygens (including phenoxy) is 2. The SMILES string of the molecule is Cc1nc2cccc(OC3CCC(NC(=O)COC4CCCC4)CC3)c2c(N)c1C(=O)O. The molecule has 4 N–H and O–H groups in total. The topological polar surface area (TPSA) is 124 Å². The van der Waals surface area contributed by atoms with Gasteiger partial charge in [0.05, 0.1) is 34.5 Å². The molecule has 8 heteroatoms. The second kappa shape index (κ2) is 9.73. The number of nitrogens with one attached hydrogen (secondary N) is 1. The van der Waals surface area contributed by atoms with E-state index < -0.39 is 5.97 Å². The molecule has 32 heavy (non-hydrogen) atoms. The summed E-state index contributed by atoms with van der Waals surface area (Å²) in [7, 11) is 0. The molecule has 8 nitrogen and oxygen atoms in total. The molecule has 0 atom stereocenters. The highest BCUT2D eigenvalue weighted by Crippen LogP contribution is 2.35. The van der Waals surface area contributed by atoms with Crippen molar-refractivity contribution in [1.82, 2.24) is 10.3 Å². The Bertz CT molecular complexity index is 995. The predicted molar refractivity (Wildman–Crippen MR) is 121 cm³/mol. The van der Waals surface area contributed by atoms with Gasteiger partial charge < -0.3 is 25.6 Å². The van der Waals surface area contributed by atoms with Gasteiger partial charge in [-0.3, -0.25) is 9.78 Å². The lowest BCUT2D eigenvalue weighted by atomic mass is 9.93. The average Bonchev–Trinajstić information content (AvgIpc) is 3.27. The summed E-state index contributed by atoms with van der Waals surface area (Å²) in [5.74, 6) is -0.601. The lowest BCUT2D eigenvalue weighted by Gasteiger charge is -2.30. The van der Waals surface area contributed by atoms with E-state index in [1.54, 1.807) is 19.1 Å². The molecule has 1 heterocycles. The molecule has 172 valence electrons. The first-order valence-electron chi connectivity index (χ1n) is 11.4. The second-order valence-corrected chi connectivity index (χ2v) is 8.82. The van der Waals surface area contributed by atoms with E-state index in [1.807, 2.05) is 6.07 Å². The minimum Gasteiger partial charge on any atom is -0.490 e. The van der Waals surface area contributed by atoms with Crippen molar-refractivity contribution in [1.29, 1.82) is 0 Å². The van der Waals surface area contributed by atoms with Crippen molar-refractivity contribution in [2.45, 2.75) is 76.5 Å². The summed E-state index contributed by atoms with van der Waals surface area (Å²) >= 11 is 0. The highest BCUT2D eigenvalue weighted by Gasteiger charge is 2.26. The summed E-state index contributed by atoms with van der Waals surface area (Å²) < 4.78 is 11.9. The zero-order chi connectivity index (χ0) is 22.7. The lowest BCUT2D eigenvalue weighted by molar-refractivity contribution is -0.128. The summed E-state index contributed by atoms with van der Waals surface area (Å²) in [4.78, 5) is 28.2. The van der Waals surface area contributed by atoms with Gasteiger partial charge in [0.1, 0.15) is 17.9 Å². The number of hydrogen-bond acceptors (Lipinski definition) is 6. The number of aryl methyl sites for hydroxylation is 1. The number of aromatic carboxylic acids is 1. The van der Waals surface area contributed by atoms with Gasteiger partial charge in [0.25, 0.3) is 0 Å². The molecular weight excluding hydrogens is 410 g/mol. The van der Waals surface area contributed by atoms with Gasteiger partial charge in [-0.05, 0) is 57.6 Å². The molecule has 2 aliphatic rings. The Balaban J connectivity index is 1.35. The molecule has 0 bridgehead atoms. The van der Waals surface area contributed by atoms with Crippen LogP contribution in [-0.2, 0) is 9.53 Å². The smallest absolute Gasteiger partial charge is 0.339 e. The minimum absolute atomic E-state index is 0.0137. The van der Waals surface area contributed by atoms with Crippen LogP contribution in [0.5, 0.6) is 5.75 Å². The van der Waals surface area contributed by atoms with Crippen molar-refractivity contribution in [3.8, 4) is 5.75 Å². The maximum absolute atomic E-state index is 12.2. The number of amides is 1. The third kappa shape index (κ3) is 4.96. The van der Waals surface area contributed by atoms with Crippen LogP contribution in [0.15, 0.2) is 18.2 Å². The van der Waals surface area contributed by atoms with Gasteiger partial charge in [0, 0.05) is 6.04 Å². The summed E-state index contributed by atoms with van der Waals surface area (Å²) in [6.07, 6.45) is 7.89. The molecule has 0 radical (unpaired) electrons. The molecule has 0 aliphatic heterocycles. The number of anilines is 1. The number of pyridine rings is 1. The number of carboxylic acid groups (broad SMARTS) is 1. The van der Waals surface area contributed by atoms with Crippen molar-refractivity contribution >= 4 is 28.5 Å². The van der Waals surface area contributed by atoms with E-state index in [2.05, 4.69) is 10.3 Å². The van der Waals surface area contributed by atoms with E-state index >= 15 is 0 Å². The monoisotopic (exact) mass is 441 g/mol. The van der Waals surface area contributed by atoms with Gasteiger partial charge in [-0.15, -0.1) is 0 Å². The maximum atomic E-state index is 12.2. The first-order valence-corrected chi connectivity index (χ1v) is 11.4. The number of carbonyl (C=O) groups is 2. The van der Waals surface area contributed by atoms with E-state index in [9.17, 15) is 14.7 Å². The van der Waals surface area contributed by atoms with Gasteiger partial charge in [-0.2, -0.15) is 0 Å². The lowest BCUT2D eigenvalue weighted by Crippen LogP contribution is -2.41. The molecule has 1 aromatic heterocycles. The Hall–Kier alpha value is -2.87. The van der Waals surface area contributed by atoms with E-state index in [1.165, 1.54) is 12.8 Å². The molecule has 2 fully saturated rings. The highest BCUT2D eigenvalue weighted by molar-refractivity contribution is 6.06. The molecule has 2 aliphatic carbocycles. The molecule has 2 saturated carbocycles. The first kappa shape index (κ1) is 22.3. The summed E-state index contributed by atoms with van der Waals surface area (Å²) in [6.45, 7) is 1.77. The number of aromatic nitrogens is 1. The summed E-state index contributed by atoms with van der Waals surface area (Å²) in [5.41, 5.74) is 7.41. The minimum atomic E-state index is -1.10. The van der Waals surface area contributed by atoms with Gasteiger partial charge in [-0.1, -0.05) is 18.9 Å². The summed E-state index contributed by atoms with van der Waals surface area (Å²) in [6, 6.07) is 5.56. The van der Waals surface area contributed by atoms with Crippen LogP contribution in [0.1, 0.15) is 67.4 Å². The Labute approximate surface area is 187 Å². The molecule has 0 spiro atoms. The van der Waals surface area contributed by atoms with Crippen LogP contribution >= 0.6 is 0 Å². The number of carboxylic acids is 1. The van der Waals surface area contributed by atoms with Crippen LogP contribution in [0.25, 0.3) is 10.9 Å². The van der Waals surface area contributed by atoms with Crippen molar-refractivity contribution in [3.63, 3.8) is 0 Å². The Morgan fingerprint density at radius 1 is 1.12 bits per heavy atom. The number of carbonyl (C=O) groups excluding carboxylic acids is 1. The van der Waals surface area contributed by atoms with Crippen molar-refractivity contribution in [2.24, 2.45) is 0 Å². The van der Waals surface area contributed by atoms with Gasteiger partial charge in [0.15, 0.2) is 0 Å². The van der Waals surface area contributed by atoms with Gasteiger partial charge >= 0.3 is 5.97 Å². The number of hydrogen-bond donors (Lipinski definition) is 3. The van der Waals surface area contributed by atoms with E-state index in [4.69, 9.17) is 15.2 Å². The number of nitrogen functional groups attached to an aromatic ring is 1. The van der Waals surface area contributed by atoms with Crippen LogP contribution in [-0.4, -0.2) is 46.8 Å². The zero-order valence-corrected chi connectivity index (χ0v) is 18.4. The Kier molecular flexibility index (Phi) is 6.79. The highest BCUT2D eigenvalue weighted by atomic mass is 16.5. The quantitative estimate of drug-likeness (QED) is 0.600. The number of nitrogens with two attached hydrogens (primary N) is 1. The first-order chi connectivity index (χ1) is 15.4. The third-order valence-corrected chi connectivity index (χ3v) is 6.49. The molecule has 1 amide bonds. The zero-order valence-electron chi connectivity index (χ0n) is 18.4. The van der Waals surface area contributed by atoms with Gasteiger partial charge in [0.2, 0.25) is 5.91 Å². The van der Waals surface area contributed by atoms with E-state index in [0.29, 0.717) is 22.3 Å². The van der Waals surface area contributed by atoms with Crippen LogP contribution in [0.4, 0.5) is 5.69 Å². The fourth-order valence-corrected chi connectivity index (χ4v) is 4.83. The number of rotatable bonds is 7. The predicted octanol–water partition coefficient (Wildman–Crippen LogP) is 3.59. The normalized spacial score (nSPS) is 21.5. The fraction of sp³-hybridized carbons (Fsp3) is 0.542. The average molecular weight is 442 g/mol. The van der Waals surface area contributed by atoms with Crippen LogP contribution < -0.4 is 15.8 Å². The molecule has 1 aromatic carbocycles. The number of benzene rings is 1. The van der Waals surface area contributed by atoms with Crippen molar-refractivity contribution in [3.05, 3.63) is 29.5 Å².